The van der Waals surface area contributed by atoms with Crippen molar-refractivity contribution in [2.75, 3.05) is 14.2 Å². The van der Waals surface area contributed by atoms with Gasteiger partial charge in [-0.1, -0.05) is 26.7 Å². The molecule has 0 radical (unpaired) electrons. The number of nitrogens with two attached hydrogens (primary N) is 1. The third-order valence-corrected chi connectivity index (χ3v) is 3.32. The normalized spacial score (nSPS) is 12.6. The van der Waals surface area contributed by atoms with E-state index < -0.39 is 0 Å². The lowest BCUT2D eigenvalue weighted by Crippen LogP contribution is -2.20. The highest BCUT2D eigenvalue weighted by atomic mass is 16.5. The number of methoxy groups -OCH3 is 2. The first-order chi connectivity index (χ1) is 8.15. The van der Waals surface area contributed by atoms with Crippen LogP contribution in [0.15, 0.2) is 18.2 Å². The lowest BCUT2D eigenvalue weighted by atomic mass is 9.89. The van der Waals surface area contributed by atoms with Gasteiger partial charge in [-0.25, -0.2) is 0 Å². The Balaban J connectivity index is 3.02. The van der Waals surface area contributed by atoms with E-state index in [1.54, 1.807) is 14.2 Å². The van der Waals surface area contributed by atoms with Crippen LogP contribution in [0.1, 0.15) is 38.3 Å². The zero-order chi connectivity index (χ0) is 12.8. The van der Waals surface area contributed by atoms with Crippen LogP contribution in [0.5, 0.6) is 11.5 Å². The predicted octanol–water partition coefficient (Wildman–Crippen LogP) is 3.14. The van der Waals surface area contributed by atoms with Crippen molar-refractivity contribution in [3.05, 3.63) is 23.8 Å². The Morgan fingerprint density at radius 3 is 1.82 bits per heavy atom. The molecule has 0 bridgehead atoms. The van der Waals surface area contributed by atoms with Crippen LogP contribution >= 0.6 is 0 Å². The minimum absolute atomic E-state index is 0.0361. The van der Waals surface area contributed by atoms with Crippen LogP contribution in [-0.2, 0) is 0 Å². The molecule has 17 heavy (non-hydrogen) atoms. The van der Waals surface area contributed by atoms with Crippen molar-refractivity contribution >= 4 is 0 Å². The summed E-state index contributed by atoms with van der Waals surface area (Å²) in [6, 6.07) is 5.88. The number of hydrogen-bond donors (Lipinski definition) is 1. The van der Waals surface area contributed by atoms with Crippen LogP contribution in [0.3, 0.4) is 0 Å². The molecule has 96 valence electrons. The van der Waals surface area contributed by atoms with Crippen molar-refractivity contribution in [2.45, 2.75) is 32.7 Å². The summed E-state index contributed by atoms with van der Waals surface area (Å²) >= 11 is 0. The Labute approximate surface area is 104 Å². The molecule has 1 unspecified atom stereocenters. The van der Waals surface area contributed by atoms with Crippen LogP contribution in [0.4, 0.5) is 0 Å². The van der Waals surface area contributed by atoms with Gasteiger partial charge < -0.3 is 15.2 Å². The van der Waals surface area contributed by atoms with Crippen LogP contribution in [0, 0.1) is 5.92 Å². The highest BCUT2D eigenvalue weighted by Gasteiger charge is 2.17. The van der Waals surface area contributed by atoms with E-state index in [0.29, 0.717) is 5.92 Å². The van der Waals surface area contributed by atoms with Crippen LogP contribution in [-0.4, -0.2) is 14.2 Å². The minimum Gasteiger partial charge on any atom is -0.497 e. The lowest BCUT2D eigenvalue weighted by molar-refractivity contribution is 0.381. The first-order valence-corrected chi connectivity index (χ1v) is 6.14. The second-order valence-corrected chi connectivity index (χ2v) is 4.25. The summed E-state index contributed by atoms with van der Waals surface area (Å²) in [4.78, 5) is 0. The van der Waals surface area contributed by atoms with E-state index in [9.17, 15) is 0 Å². The molecule has 0 fully saturated rings. The summed E-state index contributed by atoms with van der Waals surface area (Å²) in [7, 11) is 3.31. The zero-order valence-electron chi connectivity index (χ0n) is 11.2. The van der Waals surface area contributed by atoms with Crippen molar-refractivity contribution in [1.82, 2.24) is 0 Å². The molecule has 0 saturated heterocycles. The van der Waals surface area contributed by atoms with Gasteiger partial charge in [0.1, 0.15) is 11.5 Å². The summed E-state index contributed by atoms with van der Waals surface area (Å²) in [5, 5.41) is 0. The lowest BCUT2D eigenvalue weighted by Gasteiger charge is -2.22. The van der Waals surface area contributed by atoms with Gasteiger partial charge >= 0.3 is 0 Å². The highest BCUT2D eigenvalue weighted by Crippen LogP contribution is 2.31. The van der Waals surface area contributed by atoms with Gasteiger partial charge in [-0.05, 0) is 23.6 Å². The summed E-state index contributed by atoms with van der Waals surface area (Å²) in [5.41, 5.74) is 7.37. The molecule has 0 saturated carbocycles. The molecular weight excluding hydrogens is 214 g/mol. The van der Waals surface area contributed by atoms with E-state index in [1.807, 2.05) is 18.2 Å². The van der Waals surface area contributed by atoms with E-state index in [2.05, 4.69) is 13.8 Å². The largest absolute Gasteiger partial charge is 0.497 e. The fourth-order valence-corrected chi connectivity index (χ4v) is 2.09. The van der Waals surface area contributed by atoms with Crippen molar-refractivity contribution < 1.29 is 9.47 Å². The first kappa shape index (κ1) is 13.8. The molecule has 0 heterocycles. The smallest absolute Gasteiger partial charge is 0.122 e. The molecule has 0 aliphatic carbocycles. The molecule has 0 aliphatic heterocycles. The van der Waals surface area contributed by atoms with Crippen molar-refractivity contribution in [2.24, 2.45) is 11.7 Å². The molecule has 1 aromatic carbocycles. The van der Waals surface area contributed by atoms with Gasteiger partial charge in [-0.15, -0.1) is 0 Å². The molecule has 0 spiro atoms. The summed E-state index contributed by atoms with van der Waals surface area (Å²) in [6.07, 6.45) is 2.16. The van der Waals surface area contributed by atoms with Crippen molar-refractivity contribution in [3.8, 4) is 11.5 Å². The average Bonchev–Trinajstić information content (AvgIpc) is 2.39. The first-order valence-electron chi connectivity index (χ1n) is 6.14. The fourth-order valence-electron chi connectivity index (χ4n) is 2.09. The van der Waals surface area contributed by atoms with Crippen LogP contribution < -0.4 is 15.2 Å². The third-order valence-electron chi connectivity index (χ3n) is 3.32. The second-order valence-electron chi connectivity index (χ2n) is 4.25. The fraction of sp³-hybridized carbons (Fsp3) is 0.571. The van der Waals surface area contributed by atoms with Gasteiger partial charge in [0.2, 0.25) is 0 Å². The Bertz CT molecular complexity index is 326. The van der Waals surface area contributed by atoms with E-state index in [4.69, 9.17) is 15.2 Å². The molecule has 2 N–H and O–H groups in total. The third kappa shape index (κ3) is 3.37. The van der Waals surface area contributed by atoms with E-state index in [-0.39, 0.29) is 6.04 Å². The SMILES string of the molecule is CCC(CC)C(N)c1cc(OC)cc(OC)c1. The maximum absolute atomic E-state index is 6.30. The van der Waals surface area contributed by atoms with E-state index in [0.717, 1.165) is 29.9 Å². The van der Waals surface area contributed by atoms with Gasteiger partial charge in [0, 0.05) is 12.1 Å². The summed E-state index contributed by atoms with van der Waals surface area (Å²) in [6.45, 7) is 4.34. The molecular formula is C14H23NO2. The van der Waals surface area contributed by atoms with Gasteiger partial charge in [-0.2, -0.15) is 0 Å². The Kier molecular flexibility index (Phi) is 5.29. The zero-order valence-corrected chi connectivity index (χ0v) is 11.2. The van der Waals surface area contributed by atoms with Gasteiger partial charge in [0.25, 0.3) is 0 Å². The van der Waals surface area contributed by atoms with Gasteiger partial charge in [0.15, 0.2) is 0 Å². The monoisotopic (exact) mass is 237 g/mol. The maximum Gasteiger partial charge on any atom is 0.122 e. The number of benzene rings is 1. The second kappa shape index (κ2) is 6.50. The molecule has 0 aromatic heterocycles. The minimum atomic E-state index is 0.0361. The molecule has 1 rings (SSSR count). The average molecular weight is 237 g/mol. The quantitative estimate of drug-likeness (QED) is 0.826. The van der Waals surface area contributed by atoms with E-state index in [1.165, 1.54) is 0 Å². The van der Waals surface area contributed by atoms with E-state index >= 15 is 0 Å². The number of hydrogen-bond acceptors (Lipinski definition) is 3. The van der Waals surface area contributed by atoms with Crippen LogP contribution in [0.2, 0.25) is 0 Å². The molecule has 0 amide bonds. The van der Waals surface area contributed by atoms with Gasteiger partial charge in [0.05, 0.1) is 14.2 Å². The molecule has 0 aliphatic rings. The summed E-state index contributed by atoms with van der Waals surface area (Å²) in [5.74, 6) is 2.08. The Hall–Kier alpha value is -1.22. The Morgan fingerprint density at radius 1 is 1.00 bits per heavy atom. The van der Waals surface area contributed by atoms with Crippen molar-refractivity contribution in [3.63, 3.8) is 0 Å². The Morgan fingerprint density at radius 2 is 1.47 bits per heavy atom. The predicted molar refractivity (Wildman–Crippen MR) is 70.5 cm³/mol. The molecule has 3 heteroatoms. The standard InChI is InChI=1S/C14H23NO2/c1-5-10(6-2)14(15)11-7-12(16-3)9-13(8-11)17-4/h7-10,14H,5-6,15H2,1-4H3. The number of rotatable bonds is 6. The molecule has 1 atom stereocenters. The number of ether oxygens (including phenoxy) is 2. The van der Waals surface area contributed by atoms with Gasteiger partial charge in [-0.3, -0.25) is 0 Å². The van der Waals surface area contributed by atoms with Crippen molar-refractivity contribution in [1.29, 1.82) is 0 Å². The maximum atomic E-state index is 6.30. The summed E-state index contributed by atoms with van der Waals surface area (Å²) < 4.78 is 10.5. The van der Waals surface area contributed by atoms with Crippen LogP contribution in [0.25, 0.3) is 0 Å². The highest BCUT2D eigenvalue weighted by molar-refractivity contribution is 5.39. The molecule has 1 aromatic rings. The topological polar surface area (TPSA) is 44.5 Å². The molecule has 3 nitrogen and oxygen atoms in total.